The lowest BCUT2D eigenvalue weighted by Crippen LogP contribution is -2.38. The molecule has 1 aliphatic heterocycles. The Morgan fingerprint density at radius 1 is 1.33 bits per heavy atom. The van der Waals surface area contributed by atoms with Crippen LogP contribution in [0.15, 0.2) is 48.9 Å². The first kappa shape index (κ1) is 17.2. The fourth-order valence-electron chi connectivity index (χ4n) is 3.31. The highest BCUT2D eigenvalue weighted by atomic mass is 19.1. The molecule has 0 saturated carbocycles. The summed E-state index contributed by atoms with van der Waals surface area (Å²) in [5.41, 5.74) is 2.46. The van der Waals surface area contributed by atoms with Gasteiger partial charge in [0.05, 0.1) is 0 Å². The Hall–Kier alpha value is -3.22. The molecule has 4 rings (SSSR count). The quantitative estimate of drug-likeness (QED) is 0.704. The van der Waals surface area contributed by atoms with Crippen molar-refractivity contribution in [3.05, 3.63) is 65.9 Å². The van der Waals surface area contributed by atoms with Crippen molar-refractivity contribution in [2.24, 2.45) is 0 Å². The first-order chi connectivity index (χ1) is 13.1. The smallest absolute Gasteiger partial charge is 0.306 e. The number of cyclic esters (lactones) is 1. The van der Waals surface area contributed by atoms with Crippen molar-refractivity contribution >= 4 is 22.8 Å². The van der Waals surface area contributed by atoms with Crippen molar-refractivity contribution < 1.29 is 18.7 Å². The maximum absolute atomic E-state index is 13.7. The largest absolute Gasteiger partial charge is 0.452 e. The molecule has 6 nitrogen and oxygen atoms in total. The second-order valence-corrected chi connectivity index (χ2v) is 6.58. The summed E-state index contributed by atoms with van der Waals surface area (Å²) >= 11 is 0. The Kier molecular flexibility index (Phi) is 4.58. The van der Waals surface area contributed by atoms with E-state index in [4.69, 9.17) is 4.74 Å². The topological polar surface area (TPSA) is 75.3 Å². The number of hydrogen-bond acceptors (Lipinski definition) is 4. The number of nitrogens with zero attached hydrogens (tertiary/aromatic N) is 2. The summed E-state index contributed by atoms with van der Waals surface area (Å²) in [7, 11) is 0. The maximum atomic E-state index is 13.7. The van der Waals surface area contributed by atoms with Gasteiger partial charge in [-0.05, 0) is 35.4 Å². The van der Waals surface area contributed by atoms with Gasteiger partial charge in [0.2, 0.25) is 0 Å². The molecular weight excluding hydrogens is 349 g/mol. The predicted octanol–water partition coefficient (Wildman–Crippen LogP) is 2.94. The first-order valence-electron chi connectivity index (χ1n) is 8.73. The van der Waals surface area contributed by atoms with Crippen molar-refractivity contribution in [3.8, 4) is 0 Å². The van der Waals surface area contributed by atoms with Crippen LogP contribution in [0.4, 0.5) is 4.39 Å². The van der Waals surface area contributed by atoms with Crippen LogP contribution in [-0.4, -0.2) is 32.8 Å². The van der Waals surface area contributed by atoms with Crippen LogP contribution in [0.5, 0.6) is 0 Å². The van der Waals surface area contributed by atoms with Crippen LogP contribution in [0.2, 0.25) is 0 Å². The van der Waals surface area contributed by atoms with Gasteiger partial charge < -0.3 is 14.6 Å². The van der Waals surface area contributed by atoms with E-state index < -0.39 is 6.10 Å². The standard InChI is InChI=1S/C20H18FN3O3/c21-15-3-4-17-16(8-15)14(10-23-17)12-24(11-13-2-1-7-22-9-13)20(26)18-5-6-19(25)27-18/h1-4,7-10,18,23H,5-6,11-12H2/t18-/m1/s1. The molecule has 138 valence electrons. The monoisotopic (exact) mass is 367 g/mol. The molecule has 0 aliphatic carbocycles. The molecule has 2 aromatic heterocycles. The van der Waals surface area contributed by atoms with Crippen LogP contribution >= 0.6 is 0 Å². The third kappa shape index (κ3) is 3.67. The highest BCUT2D eigenvalue weighted by molar-refractivity contribution is 5.87. The number of carbonyl (C=O) groups excluding carboxylic acids is 2. The van der Waals surface area contributed by atoms with Gasteiger partial charge in [-0.25, -0.2) is 4.39 Å². The minimum absolute atomic E-state index is 0.245. The number of H-pyrrole nitrogens is 1. The fraction of sp³-hybridized carbons (Fsp3) is 0.250. The molecule has 3 aromatic rings. The minimum Gasteiger partial charge on any atom is -0.452 e. The van der Waals surface area contributed by atoms with Crippen LogP contribution in [0, 0.1) is 5.82 Å². The van der Waals surface area contributed by atoms with Crippen LogP contribution in [0.3, 0.4) is 0 Å². The van der Waals surface area contributed by atoms with Crippen LogP contribution in [-0.2, 0) is 27.4 Å². The number of carbonyl (C=O) groups is 2. The zero-order valence-corrected chi connectivity index (χ0v) is 14.5. The molecule has 1 aromatic carbocycles. The first-order valence-corrected chi connectivity index (χ1v) is 8.73. The third-order valence-electron chi connectivity index (χ3n) is 4.66. The molecule has 1 aliphatic rings. The number of benzene rings is 1. The van der Waals surface area contributed by atoms with E-state index in [0.29, 0.717) is 13.0 Å². The number of amides is 1. The number of ether oxygens (including phenoxy) is 1. The number of rotatable bonds is 5. The number of pyridine rings is 1. The number of nitrogens with one attached hydrogen (secondary N) is 1. The number of esters is 1. The zero-order chi connectivity index (χ0) is 18.8. The van der Waals surface area contributed by atoms with E-state index in [9.17, 15) is 14.0 Å². The van der Waals surface area contributed by atoms with Gasteiger partial charge in [0.1, 0.15) is 5.82 Å². The van der Waals surface area contributed by atoms with Crippen LogP contribution in [0.1, 0.15) is 24.0 Å². The fourth-order valence-corrected chi connectivity index (χ4v) is 3.31. The lowest BCUT2D eigenvalue weighted by Gasteiger charge is -2.25. The van der Waals surface area contributed by atoms with E-state index in [1.54, 1.807) is 35.6 Å². The normalized spacial score (nSPS) is 16.5. The molecule has 0 radical (unpaired) electrons. The summed E-state index contributed by atoms with van der Waals surface area (Å²) in [6, 6.07) is 8.18. The molecule has 1 saturated heterocycles. The van der Waals surface area contributed by atoms with E-state index in [2.05, 4.69) is 9.97 Å². The SMILES string of the molecule is O=C1CC[C@H](C(=O)N(Cc2cccnc2)Cc2c[nH]c3ccc(F)cc23)O1. The molecule has 0 spiro atoms. The Morgan fingerprint density at radius 3 is 2.96 bits per heavy atom. The third-order valence-corrected chi connectivity index (χ3v) is 4.66. The molecule has 1 N–H and O–H groups in total. The predicted molar refractivity (Wildman–Crippen MR) is 95.9 cm³/mol. The molecular formula is C20H18FN3O3. The maximum Gasteiger partial charge on any atom is 0.306 e. The van der Waals surface area contributed by atoms with Gasteiger partial charge >= 0.3 is 5.97 Å². The van der Waals surface area contributed by atoms with Gasteiger partial charge in [0.15, 0.2) is 6.10 Å². The summed E-state index contributed by atoms with van der Waals surface area (Å²) in [5, 5.41) is 0.724. The molecule has 1 amide bonds. The molecule has 27 heavy (non-hydrogen) atoms. The van der Waals surface area contributed by atoms with E-state index in [1.165, 1.54) is 12.1 Å². The van der Waals surface area contributed by atoms with Gasteiger partial charge in [-0.2, -0.15) is 0 Å². The summed E-state index contributed by atoms with van der Waals surface area (Å²) in [6.45, 7) is 0.591. The van der Waals surface area contributed by atoms with Crippen molar-refractivity contribution in [1.29, 1.82) is 0 Å². The summed E-state index contributed by atoms with van der Waals surface area (Å²) in [4.78, 5) is 33.2. The molecule has 1 atom stereocenters. The van der Waals surface area contributed by atoms with Crippen molar-refractivity contribution in [3.63, 3.8) is 0 Å². The number of fused-ring (bicyclic) bond motifs is 1. The summed E-state index contributed by atoms with van der Waals surface area (Å²) < 4.78 is 18.8. The van der Waals surface area contributed by atoms with Gasteiger partial charge in [-0.1, -0.05) is 6.07 Å². The van der Waals surface area contributed by atoms with E-state index in [1.807, 2.05) is 6.07 Å². The minimum atomic E-state index is -0.767. The second-order valence-electron chi connectivity index (χ2n) is 6.58. The van der Waals surface area contributed by atoms with Crippen molar-refractivity contribution in [2.75, 3.05) is 0 Å². The van der Waals surface area contributed by atoms with Crippen molar-refractivity contribution in [2.45, 2.75) is 32.0 Å². The molecule has 0 unspecified atom stereocenters. The number of halogens is 1. The Labute approximate surface area is 155 Å². The average molecular weight is 367 g/mol. The summed E-state index contributed by atoms with van der Waals surface area (Å²) in [5.74, 6) is -0.947. The van der Waals surface area contributed by atoms with Gasteiger partial charge in [0.25, 0.3) is 5.91 Å². The Morgan fingerprint density at radius 2 is 2.22 bits per heavy atom. The molecule has 7 heteroatoms. The zero-order valence-electron chi connectivity index (χ0n) is 14.5. The van der Waals surface area contributed by atoms with E-state index in [0.717, 1.165) is 22.0 Å². The van der Waals surface area contributed by atoms with Gasteiger partial charge in [0, 0.05) is 55.4 Å². The van der Waals surface area contributed by atoms with Crippen LogP contribution < -0.4 is 0 Å². The lowest BCUT2D eigenvalue weighted by atomic mass is 10.1. The lowest BCUT2D eigenvalue weighted by molar-refractivity contribution is -0.153. The second kappa shape index (κ2) is 7.19. The average Bonchev–Trinajstić information content (AvgIpc) is 3.28. The van der Waals surface area contributed by atoms with Crippen molar-refractivity contribution in [1.82, 2.24) is 14.9 Å². The number of aromatic nitrogens is 2. The summed E-state index contributed by atoms with van der Waals surface area (Å²) in [6.07, 6.45) is 4.98. The number of aromatic amines is 1. The van der Waals surface area contributed by atoms with Crippen LogP contribution in [0.25, 0.3) is 10.9 Å². The molecule has 3 heterocycles. The highest BCUT2D eigenvalue weighted by Gasteiger charge is 2.33. The van der Waals surface area contributed by atoms with E-state index in [-0.39, 0.29) is 30.7 Å². The Balaban J connectivity index is 1.63. The Bertz CT molecular complexity index is 987. The van der Waals surface area contributed by atoms with E-state index >= 15 is 0 Å². The van der Waals surface area contributed by atoms with Gasteiger partial charge in [-0.3, -0.25) is 14.6 Å². The molecule has 1 fully saturated rings. The highest BCUT2D eigenvalue weighted by Crippen LogP contribution is 2.24. The molecule has 0 bridgehead atoms. The van der Waals surface area contributed by atoms with Gasteiger partial charge in [-0.15, -0.1) is 0 Å². The number of hydrogen-bond donors (Lipinski definition) is 1.